The van der Waals surface area contributed by atoms with Crippen molar-refractivity contribution >= 4 is 17.4 Å². The van der Waals surface area contributed by atoms with Gasteiger partial charge in [0.05, 0.1) is 17.4 Å². The predicted molar refractivity (Wildman–Crippen MR) is 82.0 cm³/mol. The van der Waals surface area contributed by atoms with Crippen LogP contribution in [0, 0.1) is 23.2 Å². The van der Waals surface area contributed by atoms with E-state index in [1.165, 1.54) is 0 Å². The van der Waals surface area contributed by atoms with Crippen molar-refractivity contribution in [2.75, 3.05) is 23.7 Å². The van der Waals surface area contributed by atoms with E-state index in [1.54, 1.807) is 11.8 Å². The number of hydrogen-bond donors (Lipinski definition) is 1. The number of hydrogen-bond acceptors (Lipinski definition) is 4. The van der Waals surface area contributed by atoms with E-state index in [1.807, 2.05) is 18.2 Å². The Hall–Kier alpha value is -1.18. The van der Waals surface area contributed by atoms with Crippen molar-refractivity contribution in [2.45, 2.75) is 30.8 Å². The number of fused-ring (bicyclic) bond motifs is 1. The molecule has 3 unspecified atom stereocenters. The smallest absolute Gasteiger partial charge is 0.103 e. The molecule has 3 rings (SSSR count). The summed E-state index contributed by atoms with van der Waals surface area (Å²) in [5.74, 6) is 1.96. The van der Waals surface area contributed by atoms with E-state index < -0.39 is 0 Å². The highest BCUT2D eigenvalue weighted by Crippen LogP contribution is 2.41. The lowest BCUT2D eigenvalue weighted by molar-refractivity contribution is 0.133. The molecule has 0 amide bonds. The molecular weight excluding hydrogens is 268 g/mol. The summed E-state index contributed by atoms with van der Waals surface area (Å²) >= 11 is 1.72. The highest BCUT2D eigenvalue weighted by Gasteiger charge is 2.42. The molecule has 1 N–H and O–H groups in total. The summed E-state index contributed by atoms with van der Waals surface area (Å²) in [7, 11) is 0. The summed E-state index contributed by atoms with van der Waals surface area (Å²) in [6.45, 7) is 3.98. The van der Waals surface area contributed by atoms with E-state index in [9.17, 15) is 10.4 Å². The molecule has 106 valence electrons. The van der Waals surface area contributed by atoms with Gasteiger partial charge < -0.3 is 10.0 Å². The monoisotopic (exact) mass is 288 g/mol. The van der Waals surface area contributed by atoms with Crippen molar-refractivity contribution in [3.05, 3.63) is 23.8 Å². The van der Waals surface area contributed by atoms with E-state index in [4.69, 9.17) is 0 Å². The lowest BCUT2D eigenvalue weighted by Gasteiger charge is -2.22. The van der Waals surface area contributed by atoms with Crippen molar-refractivity contribution in [1.29, 1.82) is 5.26 Å². The maximum absolute atomic E-state index is 10.0. The standard InChI is InChI=1S/C16H20N2OS/c1-2-20-16-5-3-4-14(12(16)8-17)18-9-11-6-7-15(19)13(11)10-18/h3-5,11,13,15,19H,2,6-7,9-10H2,1H3. The van der Waals surface area contributed by atoms with Gasteiger partial charge in [0.1, 0.15) is 6.07 Å². The molecule has 2 aliphatic rings. The molecule has 0 radical (unpaired) electrons. The fraction of sp³-hybridized carbons (Fsp3) is 0.562. The van der Waals surface area contributed by atoms with E-state index in [0.717, 1.165) is 47.8 Å². The maximum atomic E-state index is 10.0. The first-order valence-corrected chi connectivity index (χ1v) is 8.32. The minimum atomic E-state index is -0.149. The average Bonchev–Trinajstić information content (AvgIpc) is 3.01. The molecule has 3 atom stereocenters. The van der Waals surface area contributed by atoms with Gasteiger partial charge in [-0.1, -0.05) is 13.0 Å². The number of thioether (sulfide) groups is 1. The lowest BCUT2D eigenvalue weighted by Crippen LogP contribution is -2.25. The molecular formula is C16H20N2OS. The molecule has 1 saturated carbocycles. The largest absolute Gasteiger partial charge is 0.393 e. The quantitative estimate of drug-likeness (QED) is 0.869. The Morgan fingerprint density at radius 3 is 2.95 bits per heavy atom. The zero-order chi connectivity index (χ0) is 14.1. The third-order valence-corrected chi connectivity index (χ3v) is 5.52. The van der Waals surface area contributed by atoms with Gasteiger partial charge in [-0.2, -0.15) is 5.26 Å². The van der Waals surface area contributed by atoms with Gasteiger partial charge in [-0.3, -0.25) is 0 Å². The molecule has 4 heteroatoms. The highest BCUT2D eigenvalue weighted by atomic mass is 32.2. The van der Waals surface area contributed by atoms with Crippen LogP contribution in [0.1, 0.15) is 25.3 Å². The zero-order valence-corrected chi connectivity index (χ0v) is 12.6. The van der Waals surface area contributed by atoms with Gasteiger partial charge in [0.15, 0.2) is 0 Å². The topological polar surface area (TPSA) is 47.3 Å². The lowest BCUT2D eigenvalue weighted by atomic mass is 10.00. The molecule has 1 aromatic rings. The normalized spacial score (nSPS) is 28.4. The minimum absolute atomic E-state index is 0.149. The van der Waals surface area contributed by atoms with Gasteiger partial charge in [0.2, 0.25) is 0 Å². The van der Waals surface area contributed by atoms with Crippen molar-refractivity contribution in [1.82, 2.24) is 0 Å². The van der Waals surface area contributed by atoms with Crippen LogP contribution in [0.2, 0.25) is 0 Å². The summed E-state index contributed by atoms with van der Waals surface area (Å²) in [5, 5.41) is 19.5. The Balaban J connectivity index is 1.88. The number of nitrogens with zero attached hydrogens (tertiary/aromatic N) is 2. The van der Waals surface area contributed by atoms with Crippen molar-refractivity contribution in [2.24, 2.45) is 11.8 Å². The van der Waals surface area contributed by atoms with Crippen LogP contribution in [0.5, 0.6) is 0 Å². The molecule has 0 bridgehead atoms. The first-order chi connectivity index (χ1) is 9.74. The third kappa shape index (κ3) is 2.30. The Kier molecular flexibility index (Phi) is 3.91. The van der Waals surface area contributed by atoms with Gasteiger partial charge >= 0.3 is 0 Å². The first-order valence-electron chi connectivity index (χ1n) is 7.33. The number of aliphatic hydroxyl groups excluding tert-OH is 1. The molecule has 0 aromatic heterocycles. The summed E-state index contributed by atoms with van der Waals surface area (Å²) < 4.78 is 0. The molecule has 3 nitrogen and oxygen atoms in total. The van der Waals surface area contributed by atoms with Crippen LogP contribution < -0.4 is 4.90 Å². The number of anilines is 1. The molecule has 1 aliphatic carbocycles. The molecule has 1 aromatic carbocycles. The molecule has 1 saturated heterocycles. The van der Waals surface area contributed by atoms with Gasteiger partial charge in [0.25, 0.3) is 0 Å². The zero-order valence-electron chi connectivity index (χ0n) is 11.7. The van der Waals surface area contributed by atoms with Crippen LogP contribution in [-0.4, -0.2) is 30.1 Å². The van der Waals surface area contributed by atoms with Crippen LogP contribution in [0.15, 0.2) is 23.1 Å². The predicted octanol–water partition coefficient (Wildman–Crippen LogP) is 2.88. The van der Waals surface area contributed by atoms with Gasteiger partial charge in [-0.05, 0) is 36.6 Å². The average molecular weight is 288 g/mol. The second-order valence-electron chi connectivity index (χ2n) is 5.67. The highest BCUT2D eigenvalue weighted by molar-refractivity contribution is 7.99. The first kappa shape index (κ1) is 13.8. The molecule has 20 heavy (non-hydrogen) atoms. The number of nitriles is 1. The van der Waals surface area contributed by atoms with Crippen LogP contribution in [0.25, 0.3) is 0 Å². The Morgan fingerprint density at radius 2 is 2.25 bits per heavy atom. The second kappa shape index (κ2) is 5.67. The molecule has 1 heterocycles. The molecule has 2 fully saturated rings. The third-order valence-electron chi connectivity index (χ3n) is 4.58. The Bertz CT molecular complexity index is 540. The molecule has 1 aliphatic heterocycles. The summed E-state index contributed by atoms with van der Waals surface area (Å²) in [5.41, 5.74) is 1.85. The summed E-state index contributed by atoms with van der Waals surface area (Å²) in [4.78, 5) is 3.38. The fourth-order valence-corrected chi connectivity index (χ4v) is 4.38. The van der Waals surface area contributed by atoms with Gasteiger partial charge in [-0.25, -0.2) is 0 Å². The fourth-order valence-electron chi connectivity index (χ4n) is 3.60. The minimum Gasteiger partial charge on any atom is -0.393 e. The van der Waals surface area contributed by atoms with Crippen molar-refractivity contribution in [3.8, 4) is 6.07 Å². The van der Waals surface area contributed by atoms with Crippen LogP contribution >= 0.6 is 11.8 Å². The van der Waals surface area contributed by atoms with Crippen molar-refractivity contribution in [3.63, 3.8) is 0 Å². The number of benzene rings is 1. The van der Waals surface area contributed by atoms with E-state index in [0.29, 0.717) is 11.8 Å². The number of aliphatic hydroxyl groups is 1. The van der Waals surface area contributed by atoms with Crippen molar-refractivity contribution < 1.29 is 5.11 Å². The molecule has 0 spiro atoms. The SMILES string of the molecule is CCSc1cccc(N2CC3CCC(O)C3C2)c1C#N. The Morgan fingerprint density at radius 1 is 1.40 bits per heavy atom. The summed E-state index contributed by atoms with van der Waals surface area (Å²) in [6.07, 6.45) is 1.91. The van der Waals surface area contributed by atoms with E-state index in [-0.39, 0.29) is 6.10 Å². The summed E-state index contributed by atoms with van der Waals surface area (Å²) in [6, 6.07) is 8.50. The van der Waals surface area contributed by atoms with E-state index in [2.05, 4.69) is 17.9 Å². The van der Waals surface area contributed by atoms with Crippen LogP contribution in [0.3, 0.4) is 0 Å². The number of rotatable bonds is 3. The van der Waals surface area contributed by atoms with Crippen LogP contribution in [-0.2, 0) is 0 Å². The van der Waals surface area contributed by atoms with E-state index >= 15 is 0 Å². The van der Waals surface area contributed by atoms with Crippen LogP contribution in [0.4, 0.5) is 5.69 Å². The van der Waals surface area contributed by atoms with Gasteiger partial charge in [-0.15, -0.1) is 11.8 Å². The Labute approximate surface area is 124 Å². The maximum Gasteiger partial charge on any atom is 0.103 e. The van der Waals surface area contributed by atoms with Gasteiger partial charge in [0, 0.05) is 23.9 Å². The second-order valence-corrected chi connectivity index (χ2v) is 6.97.